The van der Waals surface area contributed by atoms with Gasteiger partial charge in [-0.3, -0.25) is 0 Å². The fourth-order valence-corrected chi connectivity index (χ4v) is 14.0. The van der Waals surface area contributed by atoms with Crippen LogP contribution in [0.2, 0.25) is 0 Å². The van der Waals surface area contributed by atoms with Gasteiger partial charge in [0.2, 0.25) is 0 Å². The van der Waals surface area contributed by atoms with Gasteiger partial charge in [0, 0.05) is 82.4 Å². The van der Waals surface area contributed by atoms with E-state index in [9.17, 15) is 0 Å². The van der Waals surface area contributed by atoms with Gasteiger partial charge < -0.3 is 18.3 Å². The van der Waals surface area contributed by atoms with Gasteiger partial charge in [-0.05, 0) is 143 Å². The molecule has 0 radical (unpaired) electrons. The van der Waals surface area contributed by atoms with E-state index in [1.807, 2.05) is 0 Å². The van der Waals surface area contributed by atoms with Gasteiger partial charge in [0.15, 0.2) is 0 Å². The molecule has 5 heteroatoms. The third-order valence-electron chi connectivity index (χ3n) is 18.0. The number of hydrogen-bond acceptors (Lipinski definition) is 1. The maximum absolute atomic E-state index is 5.48. The molecule has 0 amide bonds. The van der Waals surface area contributed by atoms with E-state index in [2.05, 4.69) is 328 Å². The third-order valence-corrected chi connectivity index (χ3v) is 18.0. The molecule has 400 valence electrons. The quantitative estimate of drug-likeness (QED) is 0.149. The molecule has 0 N–H and O–H groups in total. The number of nitrogens with zero attached hydrogens (tertiary/aromatic N) is 5. The molecular weight excluding hydrogens is 1040 g/mol. The van der Waals surface area contributed by atoms with Crippen LogP contribution in [-0.2, 0) is 0 Å². The molecule has 18 aromatic rings. The molecule has 0 saturated carbocycles. The number of hydrogen-bond donors (Lipinski definition) is 0. The molecule has 5 nitrogen and oxygen atoms in total. The van der Waals surface area contributed by atoms with Gasteiger partial charge >= 0.3 is 0 Å². The molecule has 86 heavy (non-hydrogen) atoms. The molecule has 0 aliphatic carbocycles. The fourth-order valence-electron chi connectivity index (χ4n) is 14.0. The first-order chi connectivity index (χ1) is 42.6. The Morgan fingerprint density at radius 1 is 0.186 bits per heavy atom. The Morgan fingerprint density at radius 3 is 0.814 bits per heavy atom. The lowest BCUT2D eigenvalue weighted by atomic mass is 10.0. The summed E-state index contributed by atoms with van der Waals surface area (Å²) < 4.78 is 9.55. The molecule has 0 atom stereocenters. The first-order valence-electron chi connectivity index (χ1n) is 29.5. The standard InChI is InChI=1S/C81H51N5/c1-2-16-63-58(15-1)51-72(54-33-43-61(44-34-54)85-77-27-13-7-21-68(77)70-49-56(37-47-79(70)85)52-29-39-59(40-30-52)83-73-23-9-3-17-64(73)65-18-4-10-24-74(65)83)82-81(63)55-35-45-62(46-36-55)86-78-28-14-8-22-69(78)71-50-57(38-48-80(71)86)53-31-41-60(42-32-53)84-75-25-11-5-19-66(75)67-20-6-12-26-76(67)84/h1-51H. The zero-order chi connectivity index (χ0) is 56.4. The lowest BCUT2D eigenvalue weighted by Gasteiger charge is -2.13. The Kier molecular flexibility index (Phi) is 10.6. The molecule has 0 saturated heterocycles. The maximum Gasteiger partial charge on any atom is 0.0787 e. The highest BCUT2D eigenvalue weighted by atomic mass is 15.0. The van der Waals surface area contributed by atoms with Crippen molar-refractivity contribution >= 4 is 98.0 Å². The van der Waals surface area contributed by atoms with Crippen LogP contribution in [0.1, 0.15) is 0 Å². The van der Waals surface area contributed by atoms with Gasteiger partial charge in [0.1, 0.15) is 0 Å². The molecule has 0 fully saturated rings. The van der Waals surface area contributed by atoms with E-state index in [-0.39, 0.29) is 0 Å². The Bertz CT molecular complexity index is 5630. The Hall–Kier alpha value is -11.5. The van der Waals surface area contributed by atoms with Crippen LogP contribution < -0.4 is 0 Å². The highest BCUT2D eigenvalue weighted by Crippen LogP contribution is 2.41. The van der Waals surface area contributed by atoms with E-state index in [0.29, 0.717) is 0 Å². The van der Waals surface area contributed by atoms with Crippen LogP contribution in [0.25, 0.3) is 166 Å². The van der Waals surface area contributed by atoms with Crippen molar-refractivity contribution < 1.29 is 0 Å². The van der Waals surface area contributed by atoms with Crippen molar-refractivity contribution in [2.24, 2.45) is 0 Å². The summed E-state index contributed by atoms with van der Waals surface area (Å²) in [4.78, 5) is 5.48. The van der Waals surface area contributed by atoms with Crippen LogP contribution in [0.4, 0.5) is 0 Å². The van der Waals surface area contributed by atoms with Crippen LogP contribution in [0.15, 0.2) is 309 Å². The lowest BCUT2D eigenvalue weighted by molar-refractivity contribution is 1.18. The first kappa shape index (κ1) is 48.0. The van der Waals surface area contributed by atoms with Gasteiger partial charge in [-0.25, -0.2) is 4.98 Å². The van der Waals surface area contributed by atoms with Crippen molar-refractivity contribution in [1.29, 1.82) is 0 Å². The van der Waals surface area contributed by atoms with Gasteiger partial charge in [-0.15, -0.1) is 0 Å². The molecule has 0 spiro atoms. The number of benzene rings is 13. The highest BCUT2D eigenvalue weighted by Gasteiger charge is 2.19. The third kappa shape index (κ3) is 7.41. The van der Waals surface area contributed by atoms with E-state index >= 15 is 0 Å². The molecule has 0 aliphatic rings. The smallest absolute Gasteiger partial charge is 0.0787 e. The van der Waals surface area contributed by atoms with Gasteiger partial charge in [0.05, 0.1) is 55.5 Å². The van der Waals surface area contributed by atoms with Gasteiger partial charge in [-0.2, -0.15) is 0 Å². The summed E-state index contributed by atoms with van der Waals surface area (Å²) >= 11 is 0. The zero-order valence-corrected chi connectivity index (χ0v) is 46.7. The molecule has 0 aliphatic heterocycles. The van der Waals surface area contributed by atoms with Crippen molar-refractivity contribution in [3.05, 3.63) is 309 Å². The van der Waals surface area contributed by atoms with Crippen molar-refractivity contribution in [1.82, 2.24) is 23.3 Å². The summed E-state index contributed by atoms with van der Waals surface area (Å²) in [5.41, 5.74) is 22.8. The summed E-state index contributed by atoms with van der Waals surface area (Å²) in [5, 5.41) is 12.2. The molecule has 13 aromatic carbocycles. The van der Waals surface area contributed by atoms with Crippen LogP contribution in [0.5, 0.6) is 0 Å². The van der Waals surface area contributed by atoms with Crippen molar-refractivity contribution in [2.45, 2.75) is 0 Å². The first-order valence-corrected chi connectivity index (χ1v) is 29.5. The SMILES string of the molecule is c1ccc2c(-c3ccc(-n4c5ccccc5c5cc(-c6ccc(-n7c8ccccc8c8ccccc87)cc6)ccc54)cc3)nc(-c3ccc(-n4c5ccccc5c5cc(-c6ccc(-n7c8ccccc8c8ccccc87)cc6)ccc54)cc3)cc2c1. The second-order valence-corrected chi connectivity index (χ2v) is 22.7. The summed E-state index contributed by atoms with van der Waals surface area (Å²) in [6.07, 6.45) is 0. The van der Waals surface area contributed by atoms with Crippen molar-refractivity contribution in [3.63, 3.8) is 0 Å². The largest absolute Gasteiger partial charge is 0.309 e. The average molecular weight is 1090 g/mol. The summed E-state index contributed by atoms with van der Waals surface area (Å²) in [6.45, 7) is 0. The number of para-hydroxylation sites is 6. The van der Waals surface area contributed by atoms with Crippen LogP contribution >= 0.6 is 0 Å². The monoisotopic (exact) mass is 1090 g/mol. The number of pyridine rings is 1. The van der Waals surface area contributed by atoms with E-state index < -0.39 is 0 Å². The maximum atomic E-state index is 5.48. The Labute approximate surface area is 495 Å². The van der Waals surface area contributed by atoms with E-state index in [0.717, 1.165) is 56.0 Å². The zero-order valence-electron chi connectivity index (χ0n) is 46.7. The minimum Gasteiger partial charge on any atom is -0.309 e. The topological polar surface area (TPSA) is 32.6 Å². The van der Waals surface area contributed by atoms with E-state index in [4.69, 9.17) is 4.98 Å². The average Bonchev–Trinajstić information content (AvgIpc) is 2.58. The second kappa shape index (κ2) is 19.0. The predicted molar refractivity (Wildman–Crippen MR) is 361 cm³/mol. The highest BCUT2D eigenvalue weighted by molar-refractivity contribution is 6.13. The van der Waals surface area contributed by atoms with E-state index in [1.165, 1.54) is 109 Å². The lowest BCUT2D eigenvalue weighted by Crippen LogP contribution is -1.96. The minimum absolute atomic E-state index is 0.935. The fraction of sp³-hybridized carbons (Fsp3) is 0. The molecule has 0 bridgehead atoms. The number of fused-ring (bicyclic) bond motifs is 13. The van der Waals surface area contributed by atoms with Gasteiger partial charge in [-0.1, -0.05) is 194 Å². The molecule has 5 heterocycles. The minimum atomic E-state index is 0.935. The Balaban J connectivity index is 0.654. The van der Waals surface area contributed by atoms with Crippen LogP contribution in [0.3, 0.4) is 0 Å². The van der Waals surface area contributed by atoms with E-state index in [1.54, 1.807) is 0 Å². The molecule has 0 unspecified atom stereocenters. The van der Waals surface area contributed by atoms with Crippen LogP contribution in [-0.4, -0.2) is 23.3 Å². The molecule has 5 aromatic heterocycles. The number of aromatic nitrogens is 5. The summed E-state index contributed by atoms with van der Waals surface area (Å²) in [5.74, 6) is 0. The molecule has 18 rings (SSSR count). The molecular formula is C81H51N5. The van der Waals surface area contributed by atoms with Gasteiger partial charge in [0.25, 0.3) is 0 Å². The van der Waals surface area contributed by atoms with Crippen molar-refractivity contribution in [2.75, 3.05) is 0 Å². The van der Waals surface area contributed by atoms with Crippen molar-refractivity contribution in [3.8, 4) is 67.5 Å². The Morgan fingerprint density at radius 2 is 0.453 bits per heavy atom. The normalized spacial score (nSPS) is 12.0. The predicted octanol–water partition coefficient (Wildman–Crippen LogP) is 21.3. The summed E-state index contributed by atoms with van der Waals surface area (Å²) in [6, 6.07) is 113. The number of rotatable bonds is 8. The second-order valence-electron chi connectivity index (χ2n) is 22.7. The summed E-state index contributed by atoms with van der Waals surface area (Å²) in [7, 11) is 0. The van der Waals surface area contributed by atoms with Crippen LogP contribution in [0, 0.1) is 0 Å².